The Morgan fingerprint density at radius 1 is 1.39 bits per heavy atom. The summed E-state index contributed by atoms with van der Waals surface area (Å²) in [6, 6.07) is 2.38. The van der Waals surface area contributed by atoms with E-state index < -0.39 is 11.5 Å². The van der Waals surface area contributed by atoms with Crippen LogP contribution in [0.15, 0.2) is 12.4 Å². The van der Waals surface area contributed by atoms with Gasteiger partial charge in [-0.15, -0.1) is 0 Å². The normalized spacial score (nSPS) is 23.3. The summed E-state index contributed by atoms with van der Waals surface area (Å²) < 4.78 is 1.66. The second-order valence-electron chi connectivity index (χ2n) is 6.28. The molecule has 1 saturated carbocycles. The van der Waals surface area contributed by atoms with Gasteiger partial charge in [-0.25, -0.2) is 0 Å². The number of aromatic nitrogens is 2. The third-order valence-electron chi connectivity index (χ3n) is 4.28. The highest BCUT2D eigenvalue weighted by Crippen LogP contribution is 2.50. The van der Waals surface area contributed by atoms with Gasteiger partial charge in [-0.3, -0.25) is 4.68 Å². The number of aliphatic hydroxyl groups is 1. The van der Waals surface area contributed by atoms with Crippen LogP contribution in [-0.2, 0) is 7.05 Å². The van der Waals surface area contributed by atoms with Crippen molar-refractivity contribution in [2.24, 2.45) is 17.9 Å². The summed E-state index contributed by atoms with van der Waals surface area (Å²) in [5, 5.41) is 24.1. The minimum atomic E-state index is -0.729. The fourth-order valence-electron chi connectivity index (χ4n) is 2.72. The molecule has 18 heavy (non-hydrogen) atoms. The zero-order chi connectivity index (χ0) is 13.4. The van der Waals surface area contributed by atoms with Crippen LogP contribution < -0.4 is 0 Å². The Balaban J connectivity index is 2.22. The predicted molar refractivity (Wildman–Crippen MR) is 68.5 cm³/mol. The van der Waals surface area contributed by atoms with E-state index in [-0.39, 0.29) is 5.41 Å². The van der Waals surface area contributed by atoms with Gasteiger partial charge in [-0.1, -0.05) is 13.8 Å². The van der Waals surface area contributed by atoms with Crippen molar-refractivity contribution < 1.29 is 5.11 Å². The highest BCUT2D eigenvalue weighted by atomic mass is 16.3. The van der Waals surface area contributed by atoms with E-state index in [2.05, 4.69) is 25.0 Å². The van der Waals surface area contributed by atoms with Gasteiger partial charge in [-0.05, 0) is 31.1 Å². The summed E-state index contributed by atoms with van der Waals surface area (Å²) in [7, 11) is 1.82. The highest BCUT2D eigenvalue weighted by molar-refractivity contribution is 5.18. The van der Waals surface area contributed by atoms with Crippen LogP contribution in [0.3, 0.4) is 0 Å². The molecule has 1 aromatic heterocycles. The van der Waals surface area contributed by atoms with Gasteiger partial charge >= 0.3 is 0 Å². The Morgan fingerprint density at radius 2 is 2.00 bits per heavy atom. The van der Waals surface area contributed by atoms with E-state index in [0.717, 1.165) is 31.2 Å². The van der Waals surface area contributed by atoms with Crippen molar-refractivity contribution in [1.29, 1.82) is 5.26 Å². The molecule has 0 bridgehead atoms. The van der Waals surface area contributed by atoms with Crippen molar-refractivity contribution in [3.63, 3.8) is 0 Å². The fourth-order valence-corrected chi connectivity index (χ4v) is 2.72. The van der Waals surface area contributed by atoms with Crippen molar-refractivity contribution in [2.45, 2.75) is 45.6 Å². The lowest BCUT2D eigenvalue weighted by atomic mass is 9.63. The van der Waals surface area contributed by atoms with E-state index in [1.807, 2.05) is 7.05 Å². The summed E-state index contributed by atoms with van der Waals surface area (Å²) in [4.78, 5) is 0. The van der Waals surface area contributed by atoms with Crippen LogP contribution >= 0.6 is 0 Å². The number of aliphatic hydroxyl groups excluding tert-OH is 1. The Kier molecular flexibility index (Phi) is 3.20. The Hall–Kier alpha value is -1.34. The molecule has 1 fully saturated rings. The molecule has 1 aliphatic rings. The number of nitriles is 1. The van der Waals surface area contributed by atoms with Crippen LogP contribution in [0, 0.1) is 22.2 Å². The van der Waals surface area contributed by atoms with Gasteiger partial charge in [0.25, 0.3) is 0 Å². The minimum absolute atomic E-state index is 0.287. The van der Waals surface area contributed by atoms with Crippen LogP contribution in [0.4, 0.5) is 0 Å². The first-order valence-electron chi connectivity index (χ1n) is 6.46. The molecule has 0 amide bonds. The third kappa shape index (κ3) is 2.28. The molecule has 1 N–H and O–H groups in total. The molecule has 1 aliphatic carbocycles. The quantitative estimate of drug-likeness (QED) is 0.873. The van der Waals surface area contributed by atoms with Gasteiger partial charge in [-0.2, -0.15) is 10.4 Å². The Bertz CT molecular complexity index is 460. The molecule has 1 unspecified atom stereocenters. The standard InChI is InChI=1S/C14H21N3O/c1-13(2)4-6-14(10-15,7-5-13)12(18)11-8-16-17(3)9-11/h8-9,12,18H,4-7H2,1-3H3. The van der Waals surface area contributed by atoms with Gasteiger partial charge in [0.05, 0.1) is 17.7 Å². The highest BCUT2D eigenvalue weighted by Gasteiger charge is 2.44. The molecular formula is C14H21N3O. The summed E-state index contributed by atoms with van der Waals surface area (Å²) in [5.74, 6) is 0. The summed E-state index contributed by atoms with van der Waals surface area (Å²) in [6.07, 6.45) is 6.20. The summed E-state index contributed by atoms with van der Waals surface area (Å²) in [5.41, 5.74) is 0.395. The second-order valence-corrected chi connectivity index (χ2v) is 6.28. The Labute approximate surface area is 108 Å². The topological polar surface area (TPSA) is 61.8 Å². The number of hydrogen-bond donors (Lipinski definition) is 1. The maximum Gasteiger partial charge on any atom is 0.101 e. The average Bonchev–Trinajstić information content (AvgIpc) is 2.76. The predicted octanol–water partition coefficient (Wildman–Crippen LogP) is 2.56. The first kappa shape index (κ1) is 13.1. The first-order valence-corrected chi connectivity index (χ1v) is 6.46. The molecular weight excluding hydrogens is 226 g/mol. The van der Waals surface area contributed by atoms with Crippen LogP contribution in [-0.4, -0.2) is 14.9 Å². The molecule has 1 heterocycles. The molecule has 0 radical (unpaired) electrons. The van der Waals surface area contributed by atoms with Crippen LogP contribution in [0.2, 0.25) is 0 Å². The lowest BCUT2D eigenvalue weighted by Crippen LogP contribution is -2.35. The smallest absolute Gasteiger partial charge is 0.101 e. The van der Waals surface area contributed by atoms with Gasteiger partial charge < -0.3 is 5.11 Å². The SMILES string of the molecule is Cn1cc(C(O)C2(C#N)CCC(C)(C)CC2)cn1. The molecule has 2 rings (SSSR count). The summed E-state index contributed by atoms with van der Waals surface area (Å²) >= 11 is 0. The maximum absolute atomic E-state index is 10.5. The molecule has 4 nitrogen and oxygen atoms in total. The molecule has 0 saturated heterocycles. The van der Waals surface area contributed by atoms with Crippen molar-refractivity contribution in [1.82, 2.24) is 9.78 Å². The van der Waals surface area contributed by atoms with Crippen molar-refractivity contribution in [3.8, 4) is 6.07 Å². The number of nitrogens with zero attached hydrogens (tertiary/aromatic N) is 3. The number of rotatable bonds is 2. The second kappa shape index (κ2) is 4.40. The van der Waals surface area contributed by atoms with Crippen LogP contribution in [0.5, 0.6) is 0 Å². The number of hydrogen-bond acceptors (Lipinski definition) is 3. The van der Waals surface area contributed by atoms with E-state index >= 15 is 0 Å². The van der Waals surface area contributed by atoms with Crippen LogP contribution in [0.1, 0.15) is 51.2 Å². The molecule has 1 aromatic rings. The van der Waals surface area contributed by atoms with Crippen molar-refractivity contribution in [2.75, 3.05) is 0 Å². The van der Waals surface area contributed by atoms with Gasteiger partial charge in [0, 0.05) is 18.8 Å². The third-order valence-corrected chi connectivity index (χ3v) is 4.28. The lowest BCUT2D eigenvalue weighted by molar-refractivity contribution is 0.00952. The monoisotopic (exact) mass is 247 g/mol. The zero-order valence-electron chi connectivity index (χ0n) is 11.3. The Morgan fingerprint density at radius 3 is 2.44 bits per heavy atom. The van der Waals surface area contributed by atoms with E-state index in [4.69, 9.17) is 0 Å². The summed E-state index contributed by atoms with van der Waals surface area (Å²) in [6.45, 7) is 4.45. The first-order chi connectivity index (χ1) is 8.38. The molecule has 4 heteroatoms. The van der Waals surface area contributed by atoms with E-state index in [9.17, 15) is 10.4 Å². The fraction of sp³-hybridized carbons (Fsp3) is 0.714. The minimum Gasteiger partial charge on any atom is -0.387 e. The van der Waals surface area contributed by atoms with E-state index in [0.29, 0.717) is 0 Å². The van der Waals surface area contributed by atoms with Crippen molar-refractivity contribution >= 4 is 0 Å². The van der Waals surface area contributed by atoms with E-state index in [1.54, 1.807) is 17.1 Å². The zero-order valence-corrected chi connectivity index (χ0v) is 11.3. The average molecular weight is 247 g/mol. The molecule has 1 atom stereocenters. The molecule has 98 valence electrons. The van der Waals surface area contributed by atoms with Crippen molar-refractivity contribution in [3.05, 3.63) is 18.0 Å². The van der Waals surface area contributed by atoms with Crippen LogP contribution in [0.25, 0.3) is 0 Å². The van der Waals surface area contributed by atoms with Gasteiger partial charge in [0.15, 0.2) is 0 Å². The molecule has 0 aliphatic heterocycles. The maximum atomic E-state index is 10.5. The van der Waals surface area contributed by atoms with E-state index in [1.165, 1.54) is 0 Å². The molecule has 0 spiro atoms. The lowest BCUT2D eigenvalue weighted by Gasteiger charge is -2.41. The largest absolute Gasteiger partial charge is 0.387 e. The molecule has 0 aromatic carbocycles. The number of aryl methyl sites for hydroxylation is 1. The van der Waals surface area contributed by atoms with Gasteiger partial charge in [0.2, 0.25) is 0 Å². The van der Waals surface area contributed by atoms with Gasteiger partial charge in [0.1, 0.15) is 6.10 Å².